The van der Waals surface area contributed by atoms with Crippen molar-refractivity contribution >= 4 is 23.5 Å². The van der Waals surface area contributed by atoms with E-state index in [1.165, 1.54) is 0 Å². The number of nitrogens with one attached hydrogen (secondary N) is 2. The van der Waals surface area contributed by atoms with Crippen LogP contribution in [-0.2, 0) is 6.42 Å². The van der Waals surface area contributed by atoms with Crippen molar-refractivity contribution in [2.45, 2.75) is 23.2 Å². The minimum Gasteiger partial charge on any atom is -0.488 e. The molecule has 7 heteroatoms. The molecule has 24 heavy (non-hydrogen) atoms. The fourth-order valence-electron chi connectivity index (χ4n) is 2.51. The van der Waals surface area contributed by atoms with Crippen LogP contribution < -0.4 is 15.4 Å². The number of anilines is 1. The quantitative estimate of drug-likeness (QED) is 0.798. The number of amides is 2. The van der Waals surface area contributed by atoms with Crippen molar-refractivity contribution in [1.82, 2.24) is 5.32 Å². The molecule has 2 aromatic carbocycles. The highest BCUT2D eigenvalue weighted by Crippen LogP contribution is 2.31. The Kier molecular flexibility index (Phi) is 5.20. The molecule has 0 saturated heterocycles. The Morgan fingerprint density at radius 2 is 1.96 bits per heavy atom. The summed E-state index contributed by atoms with van der Waals surface area (Å²) < 4.78 is 30.8. The van der Waals surface area contributed by atoms with Crippen LogP contribution in [0.3, 0.4) is 0 Å². The van der Waals surface area contributed by atoms with Gasteiger partial charge in [-0.3, -0.25) is 0 Å². The zero-order valence-corrected chi connectivity index (χ0v) is 13.5. The number of urea groups is 1. The Labute approximate surface area is 142 Å². The van der Waals surface area contributed by atoms with Gasteiger partial charge in [0.1, 0.15) is 11.9 Å². The van der Waals surface area contributed by atoms with Crippen molar-refractivity contribution in [3.63, 3.8) is 0 Å². The molecule has 2 amide bonds. The summed E-state index contributed by atoms with van der Waals surface area (Å²) in [7, 11) is 0. The second-order valence-electron chi connectivity index (χ2n) is 5.26. The van der Waals surface area contributed by atoms with Crippen LogP contribution in [0.25, 0.3) is 0 Å². The van der Waals surface area contributed by atoms with Crippen LogP contribution >= 0.6 is 11.8 Å². The molecule has 1 atom stereocenters. The van der Waals surface area contributed by atoms with Crippen LogP contribution in [-0.4, -0.2) is 24.4 Å². The van der Waals surface area contributed by atoms with Crippen LogP contribution in [0.4, 0.5) is 19.3 Å². The van der Waals surface area contributed by atoms with Crippen LogP contribution in [0, 0.1) is 0 Å². The van der Waals surface area contributed by atoms with Gasteiger partial charge in [-0.1, -0.05) is 42.1 Å². The number of hydrogen-bond donors (Lipinski definition) is 2. The van der Waals surface area contributed by atoms with Gasteiger partial charge in [-0.15, -0.1) is 0 Å². The first-order valence-corrected chi connectivity index (χ1v) is 8.33. The molecule has 0 bridgehead atoms. The summed E-state index contributed by atoms with van der Waals surface area (Å²) in [4.78, 5) is 12.3. The molecule has 0 aliphatic carbocycles. The summed E-state index contributed by atoms with van der Waals surface area (Å²) in [6, 6.07) is 13.8. The van der Waals surface area contributed by atoms with E-state index in [1.807, 2.05) is 24.3 Å². The highest BCUT2D eigenvalue weighted by Gasteiger charge is 2.22. The van der Waals surface area contributed by atoms with E-state index in [4.69, 9.17) is 4.74 Å². The molecule has 0 radical (unpaired) electrons. The maximum Gasteiger partial charge on any atom is 0.319 e. The number of fused-ring (bicyclic) bond motifs is 1. The van der Waals surface area contributed by atoms with Crippen molar-refractivity contribution in [2.24, 2.45) is 0 Å². The van der Waals surface area contributed by atoms with E-state index in [-0.39, 0.29) is 6.10 Å². The van der Waals surface area contributed by atoms with Gasteiger partial charge in [-0.2, -0.15) is 8.78 Å². The number of benzene rings is 2. The van der Waals surface area contributed by atoms with Gasteiger partial charge in [0, 0.05) is 11.3 Å². The fraction of sp³-hybridized carbons (Fsp3) is 0.235. The smallest absolute Gasteiger partial charge is 0.319 e. The van der Waals surface area contributed by atoms with E-state index in [1.54, 1.807) is 24.3 Å². The van der Waals surface area contributed by atoms with Gasteiger partial charge in [0.05, 0.1) is 12.2 Å². The monoisotopic (exact) mass is 350 g/mol. The minimum atomic E-state index is -2.54. The summed E-state index contributed by atoms with van der Waals surface area (Å²) in [5.41, 5.74) is 1.47. The summed E-state index contributed by atoms with van der Waals surface area (Å²) in [5.74, 6) is -1.70. The number of alkyl halides is 2. The average Bonchev–Trinajstić information content (AvgIpc) is 2.97. The first-order valence-electron chi connectivity index (χ1n) is 7.45. The van der Waals surface area contributed by atoms with Crippen LogP contribution in [0.1, 0.15) is 5.56 Å². The molecule has 2 N–H and O–H groups in total. The molecule has 4 nitrogen and oxygen atoms in total. The SMILES string of the molecule is O=C(NCC1Cc2ccccc2O1)Nc1ccccc1SC(F)F. The normalized spacial score (nSPS) is 15.7. The van der Waals surface area contributed by atoms with E-state index < -0.39 is 11.8 Å². The molecule has 0 fully saturated rings. The van der Waals surface area contributed by atoms with Gasteiger partial charge in [0.2, 0.25) is 0 Å². The molecular weight excluding hydrogens is 334 g/mol. The molecule has 0 saturated carbocycles. The van der Waals surface area contributed by atoms with Crippen molar-refractivity contribution in [2.75, 3.05) is 11.9 Å². The molecule has 126 valence electrons. The lowest BCUT2D eigenvalue weighted by atomic mass is 10.1. The molecule has 1 aliphatic rings. The second kappa shape index (κ2) is 7.53. The molecule has 3 rings (SSSR count). The zero-order valence-electron chi connectivity index (χ0n) is 12.7. The van der Waals surface area contributed by atoms with E-state index >= 15 is 0 Å². The molecule has 0 spiro atoms. The lowest BCUT2D eigenvalue weighted by Crippen LogP contribution is -2.37. The van der Waals surface area contributed by atoms with E-state index in [2.05, 4.69) is 10.6 Å². The number of rotatable bonds is 5. The van der Waals surface area contributed by atoms with Crippen LogP contribution in [0.2, 0.25) is 0 Å². The Bertz CT molecular complexity index is 702. The van der Waals surface area contributed by atoms with Gasteiger partial charge >= 0.3 is 6.03 Å². The average molecular weight is 350 g/mol. The number of halogens is 2. The summed E-state index contributed by atoms with van der Waals surface area (Å²) in [6.07, 6.45) is 0.604. The standard InChI is InChI=1S/C17H16F2N2O2S/c18-16(19)24-15-8-4-2-6-13(15)21-17(22)20-10-12-9-11-5-1-3-7-14(11)23-12/h1-8,12,16H,9-10H2,(H2,20,21,22). The zero-order chi connectivity index (χ0) is 16.9. The first-order chi connectivity index (χ1) is 11.6. The second-order valence-corrected chi connectivity index (χ2v) is 6.29. The third kappa shape index (κ3) is 4.17. The first kappa shape index (κ1) is 16.6. The predicted molar refractivity (Wildman–Crippen MR) is 89.9 cm³/mol. The Morgan fingerprint density at radius 3 is 2.75 bits per heavy atom. The van der Waals surface area contributed by atoms with Crippen molar-refractivity contribution in [1.29, 1.82) is 0 Å². The van der Waals surface area contributed by atoms with Gasteiger partial charge in [0.15, 0.2) is 0 Å². The molecule has 1 unspecified atom stereocenters. The number of para-hydroxylation sites is 2. The highest BCUT2D eigenvalue weighted by atomic mass is 32.2. The van der Waals surface area contributed by atoms with Gasteiger partial charge in [0.25, 0.3) is 5.76 Å². The van der Waals surface area contributed by atoms with E-state index in [0.29, 0.717) is 28.9 Å². The molecule has 1 heterocycles. The number of hydrogen-bond acceptors (Lipinski definition) is 3. The van der Waals surface area contributed by atoms with Gasteiger partial charge in [-0.25, -0.2) is 4.79 Å². The molecule has 1 aliphatic heterocycles. The lowest BCUT2D eigenvalue weighted by Gasteiger charge is -2.14. The predicted octanol–water partition coefficient (Wildman–Crippen LogP) is 4.13. The van der Waals surface area contributed by atoms with Crippen LogP contribution in [0.5, 0.6) is 5.75 Å². The maximum atomic E-state index is 12.5. The summed E-state index contributed by atoms with van der Waals surface area (Å²) in [6.45, 7) is 0.338. The topological polar surface area (TPSA) is 50.4 Å². The highest BCUT2D eigenvalue weighted by molar-refractivity contribution is 7.99. The Hall–Kier alpha value is -2.28. The third-order valence-corrected chi connectivity index (χ3v) is 4.34. The van der Waals surface area contributed by atoms with Crippen molar-refractivity contribution in [3.05, 3.63) is 54.1 Å². The summed E-state index contributed by atoms with van der Waals surface area (Å²) in [5, 5.41) is 5.32. The van der Waals surface area contributed by atoms with E-state index in [0.717, 1.165) is 17.7 Å². The maximum absolute atomic E-state index is 12.5. The van der Waals surface area contributed by atoms with Crippen molar-refractivity contribution < 1.29 is 18.3 Å². The van der Waals surface area contributed by atoms with Gasteiger partial charge < -0.3 is 15.4 Å². The Morgan fingerprint density at radius 1 is 1.21 bits per heavy atom. The van der Waals surface area contributed by atoms with Gasteiger partial charge in [-0.05, 0) is 23.8 Å². The third-order valence-electron chi connectivity index (χ3n) is 3.56. The largest absolute Gasteiger partial charge is 0.488 e. The number of carbonyl (C=O) groups excluding carboxylic acids is 1. The summed E-state index contributed by atoms with van der Waals surface area (Å²) >= 11 is 0.402. The Balaban J connectivity index is 1.52. The van der Waals surface area contributed by atoms with Crippen molar-refractivity contribution in [3.8, 4) is 5.75 Å². The molecule has 0 aromatic heterocycles. The fourth-order valence-corrected chi connectivity index (χ4v) is 3.10. The lowest BCUT2D eigenvalue weighted by molar-refractivity contribution is 0.219. The number of thioether (sulfide) groups is 1. The minimum absolute atomic E-state index is 0.126. The number of carbonyl (C=O) groups is 1. The number of ether oxygens (including phenoxy) is 1. The van der Waals surface area contributed by atoms with Crippen LogP contribution in [0.15, 0.2) is 53.4 Å². The molecular formula is C17H16F2N2O2S. The van der Waals surface area contributed by atoms with E-state index in [9.17, 15) is 13.6 Å². The molecule has 2 aromatic rings.